The van der Waals surface area contributed by atoms with Crippen LogP contribution in [0.2, 0.25) is 0 Å². The highest BCUT2D eigenvalue weighted by atomic mass is 15.2. The van der Waals surface area contributed by atoms with E-state index in [1.807, 2.05) is 0 Å². The average Bonchev–Trinajstić information content (AvgIpc) is 2.59. The molecule has 0 amide bonds. The Kier molecular flexibility index (Phi) is 5.03. The van der Waals surface area contributed by atoms with Gasteiger partial charge in [0.1, 0.15) is 0 Å². The van der Waals surface area contributed by atoms with Crippen molar-refractivity contribution < 1.29 is 0 Å². The predicted octanol–water partition coefficient (Wildman–Crippen LogP) is 3.13. The van der Waals surface area contributed by atoms with Gasteiger partial charge in [-0.3, -0.25) is 4.90 Å². The first-order chi connectivity index (χ1) is 7.74. The Labute approximate surface area is 108 Å². The van der Waals surface area contributed by atoms with E-state index in [9.17, 15) is 0 Å². The van der Waals surface area contributed by atoms with Crippen LogP contribution in [0.4, 0.5) is 0 Å². The normalized spacial score (nSPS) is 23.3. The summed E-state index contributed by atoms with van der Waals surface area (Å²) < 4.78 is 0. The van der Waals surface area contributed by atoms with Gasteiger partial charge >= 0.3 is 0 Å². The number of nitrogens with one attached hydrogen (secondary N) is 1. The van der Waals surface area contributed by atoms with Gasteiger partial charge < -0.3 is 5.32 Å². The van der Waals surface area contributed by atoms with Crippen molar-refractivity contribution in [1.82, 2.24) is 10.2 Å². The van der Waals surface area contributed by atoms with Gasteiger partial charge in [0.25, 0.3) is 0 Å². The molecule has 0 aromatic heterocycles. The van der Waals surface area contributed by atoms with Crippen LogP contribution in [0.25, 0.3) is 0 Å². The monoisotopic (exact) mass is 240 g/mol. The van der Waals surface area contributed by atoms with Crippen molar-refractivity contribution in [3.8, 4) is 0 Å². The molecule has 1 unspecified atom stereocenters. The van der Waals surface area contributed by atoms with Gasteiger partial charge in [0.2, 0.25) is 0 Å². The highest BCUT2D eigenvalue weighted by molar-refractivity contribution is 4.91. The van der Waals surface area contributed by atoms with Gasteiger partial charge in [0.15, 0.2) is 0 Å². The maximum absolute atomic E-state index is 3.48. The summed E-state index contributed by atoms with van der Waals surface area (Å²) in [7, 11) is 0. The molecular formula is C15H32N2. The Bertz CT molecular complexity index is 228. The summed E-state index contributed by atoms with van der Waals surface area (Å²) in [4.78, 5) is 2.69. The Balaban J connectivity index is 2.46. The van der Waals surface area contributed by atoms with Crippen molar-refractivity contribution in [3.05, 3.63) is 0 Å². The second-order valence-corrected chi connectivity index (χ2v) is 7.46. The van der Waals surface area contributed by atoms with Crippen LogP contribution in [0.1, 0.15) is 54.4 Å². The largest absolute Gasteiger partial charge is 0.317 e. The first-order valence-corrected chi connectivity index (χ1v) is 7.20. The molecule has 1 N–H and O–H groups in total. The van der Waals surface area contributed by atoms with Gasteiger partial charge in [-0.05, 0) is 57.7 Å². The molecule has 102 valence electrons. The van der Waals surface area contributed by atoms with Crippen LogP contribution in [0.3, 0.4) is 0 Å². The smallest absolute Gasteiger partial charge is 0.0158 e. The summed E-state index contributed by atoms with van der Waals surface area (Å²) in [5.74, 6) is 0.856. The maximum atomic E-state index is 3.48. The van der Waals surface area contributed by atoms with Crippen molar-refractivity contribution in [2.75, 3.05) is 26.2 Å². The first-order valence-electron chi connectivity index (χ1n) is 7.20. The lowest BCUT2D eigenvalue weighted by Crippen LogP contribution is -2.45. The van der Waals surface area contributed by atoms with E-state index in [-0.39, 0.29) is 0 Å². The van der Waals surface area contributed by atoms with Crippen LogP contribution in [0, 0.1) is 11.3 Å². The minimum Gasteiger partial charge on any atom is -0.317 e. The summed E-state index contributed by atoms with van der Waals surface area (Å²) in [6, 6.07) is 0. The quantitative estimate of drug-likeness (QED) is 0.794. The topological polar surface area (TPSA) is 15.3 Å². The van der Waals surface area contributed by atoms with Gasteiger partial charge in [0, 0.05) is 12.1 Å². The van der Waals surface area contributed by atoms with E-state index in [0.717, 1.165) is 12.5 Å². The molecule has 0 saturated carbocycles. The fraction of sp³-hybridized carbons (Fsp3) is 1.00. The molecule has 0 aliphatic carbocycles. The SMILES string of the molecule is CCNCC1CCN(C(C)(C)CC(C)(C)C)C1. The second-order valence-electron chi connectivity index (χ2n) is 7.46. The van der Waals surface area contributed by atoms with Crippen LogP contribution in [-0.4, -0.2) is 36.6 Å². The van der Waals surface area contributed by atoms with Crippen LogP contribution < -0.4 is 5.32 Å². The van der Waals surface area contributed by atoms with E-state index in [1.165, 1.54) is 32.5 Å². The molecule has 2 nitrogen and oxygen atoms in total. The molecule has 0 aromatic rings. The number of likely N-dealkylation sites (tertiary alicyclic amines) is 1. The van der Waals surface area contributed by atoms with E-state index < -0.39 is 0 Å². The predicted molar refractivity (Wildman–Crippen MR) is 76.4 cm³/mol. The number of nitrogens with zero attached hydrogens (tertiary/aromatic N) is 1. The molecular weight excluding hydrogens is 208 g/mol. The molecule has 1 heterocycles. The van der Waals surface area contributed by atoms with Gasteiger partial charge in [0.05, 0.1) is 0 Å². The summed E-state index contributed by atoms with van der Waals surface area (Å²) in [5, 5.41) is 3.48. The minimum absolute atomic E-state index is 0.346. The molecule has 2 heteroatoms. The lowest BCUT2D eigenvalue weighted by Gasteiger charge is -2.40. The van der Waals surface area contributed by atoms with E-state index in [1.54, 1.807) is 0 Å². The van der Waals surface area contributed by atoms with Gasteiger partial charge in [-0.1, -0.05) is 27.7 Å². The molecule has 0 bridgehead atoms. The van der Waals surface area contributed by atoms with E-state index >= 15 is 0 Å². The van der Waals surface area contributed by atoms with Crippen LogP contribution in [-0.2, 0) is 0 Å². The van der Waals surface area contributed by atoms with Crippen LogP contribution >= 0.6 is 0 Å². The summed E-state index contributed by atoms with van der Waals surface area (Å²) in [6.45, 7) is 18.9. The van der Waals surface area contributed by atoms with E-state index in [2.05, 4.69) is 51.8 Å². The molecule has 0 radical (unpaired) electrons. The Hall–Kier alpha value is -0.0800. The highest BCUT2D eigenvalue weighted by Gasteiger charge is 2.35. The number of hydrogen-bond acceptors (Lipinski definition) is 2. The van der Waals surface area contributed by atoms with Gasteiger partial charge in [-0.2, -0.15) is 0 Å². The van der Waals surface area contributed by atoms with E-state index in [0.29, 0.717) is 11.0 Å². The number of hydrogen-bond donors (Lipinski definition) is 1. The van der Waals surface area contributed by atoms with Crippen molar-refractivity contribution in [2.45, 2.75) is 59.9 Å². The standard InChI is InChI=1S/C15H32N2/c1-7-16-10-13-8-9-17(11-13)15(5,6)12-14(2,3)4/h13,16H,7-12H2,1-6H3. The van der Waals surface area contributed by atoms with Gasteiger partial charge in [-0.25, -0.2) is 0 Å². The fourth-order valence-corrected chi connectivity index (χ4v) is 3.31. The summed E-state index contributed by atoms with van der Waals surface area (Å²) >= 11 is 0. The molecule has 1 fully saturated rings. The van der Waals surface area contributed by atoms with Crippen molar-refractivity contribution in [2.24, 2.45) is 11.3 Å². The van der Waals surface area contributed by atoms with Gasteiger partial charge in [-0.15, -0.1) is 0 Å². The fourth-order valence-electron chi connectivity index (χ4n) is 3.31. The van der Waals surface area contributed by atoms with E-state index in [4.69, 9.17) is 0 Å². The molecule has 17 heavy (non-hydrogen) atoms. The lowest BCUT2D eigenvalue weighted by atomic mass is 9.81. The van der Waals surface area contributed by atoms with Crippen molar-refractivity contribution in [1.29, 1.82) is 0 Å². The third-order valence-electron chi connectivity index (χ3n) is 3.79. The van der Waals surface area contributed by atoms with Crippen LogP contribution in [0.5, 0.6) is 0 Å². The molecule has 1 saturated heterocycles. The lowest BCUT2D eigenvalue weighted by molar-refractivity contribution is 0.0977. The minimum atomic E-state index is 0.346. The average molecular weight is 240 g/mol. The zero-order chi connectivity index (χ0) is 13.1. The molecule has 0 aromatic carbocycles. The molecule has 1 atom stereocenters. The Morgan fingerprint density at radius 2 is 1.82 bits per heavy atom. The molecule has 1 aliphatic heterocycles. The molecule has 1 rings (SSSR count). The highest BCUT2D eigenvalue weighted by Crippen LogP contribution is 2.34. The molecule has 0 spiro atoms. The Morgan fingerprint density at radius 3 is 2.35 bits per heavy atom. The van der Waals surface area contributed by atoms with Crippen molar-refractivity contribution >= 4 is 0 Å². The van der Waals surface area contributed by atoms with Crippen LogP contribution in [0.15, 0.2) is 0 Å². The Morgan fingerprint density at radius 1 is 1.18 bits per heavy atom. The third kappa shape index (κ3) is 4.97. The summed E-state index contributed by atoms with van der Waals surface area (Å²) in [6.07, 6.45) is 2.63. The summed E-state index contributed by atoms with van der Waals surface area (Å²) in [5.41, 5.74) is 0.766. The maximum Gasteiger partial charge on any atom is 0.0158 e. The molecule has 1 aliphatic rings. The second kappa shape index (κ2) is 5.71. The zero-order valence-electron chi connectivity index (χ0n) is 12.8. The zero-order valence-corrected chi connectivity index (χ0v) is 12.8. The first kappa shape index (κ1) is 15.0. The third-order valence-corrected chi connectivity index (χ3v) is 3.79. The number of rotatable bonds is 5. The van der Waals surface area contributed by atoms with Crippen molar-refractivity contribution in [3.63, 3.8) is 0 Å².